The molecule has 0 saturated carbocycles. The molecule has 0 atom stereocenters. The number of rotatable bonds is 5. The van der Waals surface area contributed by atoms with Crippen LogP contribution in [0.15, 0.2) is 72.9 Å². The van der Waals surface area contributed by atoms with E-state index in [1.807, 2.05) is 41.9 Å². The van der Waals surface area contributed by atoms with E-state index in [4.69, 9.17) is 0 Å². The summed E-state index contributed by atoms with van der Waals surface area (Å²) >= 11 is 0. The molecule has 30 heavy (non-hydrogen) atoms. The molecule has 2 aromatic carbocycles. The summed E-state index contributed by atoms with van der Waals surface area (Å²) in [6.45, 7) is 4.06. The van der Waals surface area contributed by atoms with Crippen LogP contribution < -0.4 is 10.6 Å². The Morgan fingerprint density at radius 3 is 2.50 bits per heavy atom. The van der Waals surface area contributed by atoms with Gasteiger partial charge in [-0.3, -0.25) is 4.79 Å². The van der Waals surface area contributed by atoms with E-state index in [0.717, 1.165) is 34.1 Å². The molecule has 0 bridgehead atoms. The number of aromatic nitrogens is 3. The van der Waals surface area contributed by atoms with Gasteiger partial charge in [0.1, 0.15) is 5.82 Å². The molecule has 0 fully saturated rings. The van der Waals surface area contributed by atoms with Gasteiger partial charge in [0, 0.05) is 30.1 Å². The maximum atomic E-state index is 11.7. The van der Waals surface area contributed by atoms with Gasteiger partial charge in [-0.2, -0.15) is 5.10 Å². The van der Waals surface area contributed by atoms with Crippen molar-refractivity contribution in [1.29, 1.82) is 0 Å². The van der Waals surface area contributed by atoms with E-state index in [0.29, 0.717) is 5.56 Å². The van der Waals surface area contributed by atoms with Crippen molar-refractivity contribution in [1.82, 2.24) is 20.1 Å². The molecule has 4 rings (SSSR count). The van der Waals surface area contributed by atoms with Crippen molar-refractivity contribution in [3.63, 3.8) is 0 Å². The summed E-state index contributed by atoms with van der Waals surface area (Å²) in [4.78, 5) is 16.1. The first-order chi connectivity index (χ1) is 14.5. The quantitative estimate of drug-likeness (QED) is 0.514. The number of benzene rings is 2. The molecule has 0 spiro atoms. The lowest BCUT2D eigenvalue weighted by Gasteiger charge is -2.11. The molecule has 2 N–H and O–H groups in total. The topological polar surface area (TPSA) is 71.8 Å². The number of anilines is 2. The Labute approximate surface area is 175 Å². The zero-order valence-corrected chi connectivity index (χ0v) is 17.2. The van der Waals surface area contributed by atoms with Crippen molar-refractivity contribution >= 4 is 17.4 Å². The van der Waals surface area contributed by atoms with Crippen LogP contribution in [-0.4, -0.2) is 27.7 Å². The molecule has 0 aliphatic heterocycles. The highest BCUT2D eigenvalue weighted by Crippen LogP contribution is 2.27. The van der Waals surface area contributed by atoms with Crippen molar-refractivity contribution < 1.29 is 4.79 Å². The minimum absolute atomic E-state index is 0.110. The van der Waals surface area contributed by atoms with Crippen LogP contribution in [0.1, 0.15) is 21.6 Å². The summed E-state index contributed by atoms with van der Waals surface area (Å²) in [5.41, 5.74) is 6.63. The summed E-state index contributed by atoms with van der Waals surface area (Å²) in [6, 6.07) is 21.6. The fourth-order valence-corrected chi connectivity index (χ4v) is 3.32. The minimum Gasteiger partial charge on any atom is -0.355 e. The summed E-state index contributed by atoms with van der Waals surface area (Å²) in [7, 11) is 1.62. The van der Waals surface area contributed by atoms with Gasteiger partial charge >= 0.3 is 0 Å². The zero-order valence-electron chi connectivity index (χ0n) is 17.2. The molecule has 0 aliphatic rings. The molecule has 150 valence electrons. The molecule has 0 saturated heterocycles. The van der Waals surface area contributed by atoms with Gasteiger partial charge in [0.25, 0.3) is 5.91 Å². The first-order valence-electron chi connectivity index (χ1n) is 9.73. The normalized spacial score (nSPS) is 10.6. The van der Waals surface area contributed by atoms with Gasteiger partial charge in [0.05, 0.1) is 17.1 Å². The number of amides is 1. The smallest absolute Gasteiger partial charge is 0.251 e. The number of aryl methyl sites for hydroxylation is 2. The van der Waals surface area contributed by atoms with E-state index < -0.39 is 0 Å². The van der Waals surface area contributed by atoms with E-state index >= 15 is 0 Å². The SMILES string of the molecule is CNC(=O)c1ccc(Nc2cc(-c3cc(C)nn3-c3cccc(C)c3)ccn2)cc1. The molecule has 0 aliphatic carbocycles. The van der Waals surface area contributed by atoms with E-state index in [-0.39, 0.29) is 5.91 Å². The maximum Gasteiger partial charge on any atom is 0.251 e. The standard InChI is InChI=1S/C24H23N5O/c1-16-5-4-6-21(13-16)29-22(14-17(2)28-29)19-11-12-26-23(15-19)27-20-9-7-18(8-10-20)24(30)25-3/h4-15H,1-3H3,(H,25,30)(H,26,27). The van der Waals surface area contributed by atoms with Crippen LogP contribution in [0.2, 0.25) is 0 Å². The third-order valence-electron chi connectivity index (χ3n) is 4.78. The minimum atomic E-state index is -0.110. The number of carbonyl (C=O) groups excluding carboxylic acids is 1. The second kappa shape index (κ2) is 8.21. The number of hydrogen-bond donors (Lipinski definition) is 2. The number of pyridine rings is 1. The summed E-state index contributed by atoms with van der Waals surface area (Å²) in [6.07, 6.45) is 1.78. The lowest BCUT2D eigenvalue weighted by atomic mass is 10.1. The highest BCUT2D eigenvalue weighted by atomic mass is 16.1. The van der Waals surface area contributed by atoms with Crippen molar-refractivity contribution in [2.75, 3.05) is 12.4 Å². The average molecular weight is 397 g/mol. The molecular weight excluding hydrogens is 374 g/mol. The third-order valence-corrected chi connectivity index (χ3v) is 4.78. The lowest BCUT2D eigenvalue weighted by Crippen LogP contribution is -2.17. The Balaban J connectivity index is 1.64. The second-order valence-corrected chi connectivity index (χ2v) is 7.13. The average Bonchev–Trinajstić information content (AvgIpc) is 3.16. The van der Waals surface area contributed by atoms with Crippen LogP contribution in [0, 0.1) is 13.8 Å². The largest absolute Gasteiger partial charge is 0.355 e. The fraction of sp³-hybridized carbons (Fsp3) is 0.125. The summed E-state index contributed by atoms with van der Waals surface area (Å²) in [5, 5.41) is 10.6. The van der Waals surface area contributed by atoms with Gasteiger partial charge in [-0.05, 0) is 74.0 Å². The summed E-state index contributed by atoms with van der Waals surface area (Å²) in [5.74, 6) is 0.608. The van der Waals surface area contributed by atoms with Gasteiger partial charge in [-0.15, -0.1) is 0 Å². The molecule has 2 aromatic heterocycles. The van der Waals surface area contributed by atoms with Gasteiger partial charge in [-0.1, -0.05) is 12.1 Å². The highest BCUT2D eigenvalue weighted by Gasteiger charge is 2.11. The van der Waals surface area contributed by atoms with Crippen LogP contribution in [0.4, 0.5) is 11.5 Å². The van der Waals surface area contributed by atoms with Crippen LogP contribution in [0.3, 0.4) is 0 Å². The number of hydrogen-bond acceptors (Lipinski definition) is 4. The highest BCUT2D eigenvalue weighted by molar-refractivity contribution is 5.94. The molecule has 4 aromatic rings. The van der Waals surface area contributed by atoms with Crippen LogP contribution in [0.25, 0.3) is 16.9 Å². The van der Waals surface area contributed by atoms with E-state index in [1.165, 1.54) is 5.56 Å². The molecule has 0 radical (unpaired) electrons. The monoisotopic (exact) mass is 397 g/mol. The van der Waals surface area contributed by atoms with Gasteiger partial charge in [0.2, 0.25) is 0 Å². The molecular formula is C24H23N5O. The van der Waals surface area contributed by atoms with E-state index in [1.54, 1.807) is 25.4 Å². The zero-order chi connectivity index (χ0) is 21.1. The molecule has 1 amide bonds. The van der Waals surface area contributed by atoms with Gasteiger partial charge < -0.3 is 10.6 Å². The maximum absolute atomic E-state index is 11.7. The van der Waals surface area contributed by atoms with Crippen molar-refractivity contribution in [2.45, 2.75) is 13.8 Å². The number of carbonyl (C=O) groups is 1. The van der Waals surface area contributed by atoms with Crippen LogP contribution in [0.5, 0.6) is 0 Å². The number of nitrogens with zero attached hydrogens (tertiary/aromatic N) is 3. The van der Waals surface area contributed by atoms with Crippen molar-refractivity contribution in [3.8, 4) is 16.9 Å². The summed E-state index contributed by atoms with van der Waals surface area (Å²) < 4.78 is 1.96. The molecule has 6 heteroatoms. The lowest BCUT2D eigenvalue weighted by molar-refractivity contribution is 0.0963. The Bertz CT molecular complexity index is 1190. The van der Waals surface area contributed by atoms with Crippen LogP contribution in [-0.2, 0) is 0 Å². The molecule has 2 heterocycles. The third kappa shape index (κ3) is 4.07. The van der Waals surface area contributed by atoms with E-state index in [9.17, 15) is 4.79 Å². The molecule has 6 nitrogen and oxygen atoms in total. The first-order valence-corrected chi connectivity index (χ1v) is 9.73. The second-order valence-electron chi connectivity index (χ2n) is 7.13. The Morgan fingerprint density at radius 1 is 0.967 bits per heavy atom. The van der Waals surface area contributed by atoms with Gasteiger partial charge in [0.15, 0.2) is 0 Å². The molecule has 0 unspecified atom stereocenters. The Kier molecular flexibility index (Phi) is 5.30. The van der Waals surface area contributed by atoms with Crippen LogP contribution >= 0.6 is 0 Å². The van der Waals surface area contributed by atoms with E-state index in [2.05, 4.69) is 51.9 Å². The predicted octanol–water partition coefficient (Wildman–Crippen LogP) is 4.65. The fourth-order valence-electron chi connectivity index (χ4n) is 3.32. The predicted molar refractivity (Wildman–Crippen MR) is 119 cm³/mol. The number of nitrogens with one attached hydrogen (secondary N) is 2. The van der Waals surface area contributed by atoms with Gasteiger partial charge in [-0.25, -0.2) is 9.67 Å². The van der Waals surface area contributed by atoms with Crippen molar-refractivity contribution in [3.05, 3.63) is 89.7 Å². The Hall–Kier alpha value is -3.93. The Morgan fingerprint density at radius 2 is 1.77 bits per heavy atom. The first kappa shape index (κ1) is 19.4. The van der Waals surface area contributed by atoms with Crippen molar-refractivity contribution in [2.24, 2.45) is 0 Å².